The lowest BCUT2D eigenvalue weighted by molar-refractivity contribution is 0.112. The maximum absolute atomic E-state index is 13.5. The van der Waals surface area contributed by atoms with Gasteiger partial charge in [0.05, 0.1) is 11.3 Å². The molecular weight excluding hydrogens is 211 g/mol. The summed E-state index contributed by atoms with van der Waals surface area (Å²) in [5.74, 6) is -0.749. The predicted octanol–water partition coefficient (Wildman–Crippen LogP) is 1.84. The number of hydrogen-bond donors (Lipinski definition) is 1. The van der Waals surface area contributed by atoms with Gasteiger partial charge in [-0.25, -0.2) is 9.07 Å². The molecular formula is C11H9FN2O2. The van der Waals surface area contributed by atoms with E-state index >= 15 is 0 Å². The molecule has 1 N–H and O–H groups in total. The van der Waals surface area contributed by atoms with Crippen LogP contribution in [0.15, 0.2) is 24.4 Å². The fraction of sp³-hybridized carbons (Fsp3) is 0.0909. The number of hydrogen-bond acceptors (Lipinski definition) is 3. The van der Waals surface area contributed by atoms with Gasteiger partial charge in [0.1, 0.15) is 11.4 Å². The molecule has 1 aromatic carbocycles. The van der Waals surface area contributed by atoms with Crippen LogP contribution in [-0.4, -0.2) is 21.2 Å². The molecule has 2 rings (SSSR count). The van der Waals surface area contributed by atoms with Gasteiger partial charge in [0.25, 0.3) is 0 Å². The molecule has 0 radical (unpaired) electrons. The Morgan fingerprint density at radius 3 is 2.81 bits per heavy atom. The minimum absolute atomic E-state index is 0.152. The quantitative estimate of drug-likeness (QED) is 0.785. The highest BCUT2D eigenvalue weighted by Gasteiger charge is 2.09. The van der Waals surface area contributed by atoms with Crippen molar-refractivity contribution < 1.29 is 14.3 Å². The van der Waals surface area contributed by atoms with Crippen LogP contribution in [0.2, 0.25) is 0 Å². The largest absolute Gasteiger partial charge is 0.508 e. The molecule has 0 aliphatic heterocycles. The molecule has 1 aromatic heterocycles. The van der Waals surface area contributed by atoms with Crippen LogP contribution >= 0.6 is 0 Å². The molecule has 0 aliphatic carbocycles. The zero-order valence-electron chi connectivity index (χ0n) is 8.51. The van der Waals surface area contributed by atoms with Gasteiger partial charge in [-0.1, -0.05) is 0 Å². The predicted molar refractivity (Wildman–Crippen MR) is 55.3 cm³/mol. The van der Waals surface area contributed by atoms with Crippen LogP contribution in [-0.2, 0) is 0 Å². The van der Waals surface area contributed by atoms with E-state index < -0.39 is 5.82 Å². The highest BCUT2D eigenvalue weighted by Crippen LogP contribution is 2.19. The summed E-state index contributed by atoms with van der Waals surface area (Å²) in [6.45, 7) is 1.67. The minimum atomic E-state index is -0.597. The topological polar surface area (TPSA) is 55.1 Å². The number of halogens is 1. The molecule has 5 heteroatoms. The van der Waals surface area contributed by atoms with Crippen molar-refractivity contribution in [2.75, 3.05) is 0 Å². The summed E-state index contributed by atoms with van der Waals surface area (Å²) in [7, 11) is 0. The van der Waals surface area contributed by atoms with E-state index in [9.17, 15) is 9.18 Å². The SMILES string of the molecule is Cc1nn(-c2ccc(O)cc2F)cc1C=O. The van der Waals surface area contributed by atoms with E-state index in [1.54, 1.807) is 6.92 Å². The van der Waals surface area contributed by atoms with E-state index in [2.05, 4.69) is 5.10 Å². The van der Waals surface area contributed by atoms with Crippen molar-refractivity contribution in [3.63, 3.8) is 0 Å². The highest BCUT2D eigenvalue weighted by molar-refractivity contribution is 5.76. The number of aromatic nitrogens is 2. The Morgan fingerprint density at radius 2 is 2.25 bits per heavy atom. The summed E-state index contributed by atoms with van der Waals surface area (Å²) in [6, 6.07) is 3.74. The second-order valence-electron chi connectivity index (χ2n) is 3.37. The Labute approximate surface area is 90.9 Å². The number of aromatic hydroxyl groups is 1. The lowest BCUT2D eigenvalue weighted by Gasteiger charge is -2.02. The third kappa shape index (κ3) is 1.67. The van der Waals surface area contributed by atoms with Crippen molar-refractivity contribution in [1.82, 2.24) is 9.78 Å². The first-order valence-electron chi connectivity index (χ1n) is 4.62. The number of aldehydes is 1. The van der Waals surface area contributed by atoms with Gasteiger partial charge in [0.2, 0.25) is 0 Å². The van der Waals surface area contributed by atoms with E-state index in [0.29, 0.717) is 17.5 Å². The summed E-state index contributed by atoms with van der Waals surface area (Å²) in [5.41, 5.74) is 1.13. The number of aryl methyl sites for hydroxylation is 1. The summed E-state index contributed by atoms with van der Waals surface area (Å²) in [5, 5.41) is 13.1. The van der Waals surface area contributed by atoms with Crippen LogP contribution in [0.5, 0.6) is 5.75 Å². The van der Waals surface area contributed by atoms with E-state index in [1.165, 1.54) is 23.0 Å². The maximum Gasteiger partial charge on any atom is 0.153 e. The lowest BCUT2D eigenvalue weighted by atomic mass is 10.3. The standard InChI is InChI=1S/C11H9FN2O2/c1-7-8(6-15)5-14(13-7)11-3-2-9(16)4-10(11)12/h2-6,16H,1H3. The molecule has 0 unspecified atom stereocenters. The summed E-state index contributed by atoms with van der Waals surface area (Å²) < 4.78 is 14.7. The number of carbonyl (C=O) groups is 1. The Balaban J connectivity index is 2.54. The second kappa shape index (κ2) is 3.77. The zero-order valence-corrected chi connectivity index (χ0v) is 8.51. The molecule has 16 heavy (non-hydrogen) atoms. The maximum atomic E-state index is 13.5. The Hall–Kier alpha value is -2.17. The molecule has 4 nitrogen and oxygen atoms in total. The smallest absolute Gasteiger partial charge is 0.153 e. The van der Waals surface area contributed by atoms with Crippen LogP contribution in [0.4, 0.5) is 4.39 Å². The van der Waals surface area contributed by atoms with Gasteiger partial charge in [-0.3, -0.25) is 4.79 Å². The van der Waals surface area contributed by atoms with Gasteiger partial charge < -0.3 is 5.11 Å². The van der Waals surface area contributed by atoms with Crippen molar-refractivity contribution in [2.24, 2.45) is 0 Å². The van der Waals surface area contributed by atoms with Gasteiger partial charge in [-0.05, 0) is 19.1 Å². The number of rotatable bonds is 2. The van der Waals surface area contributed by atoms with Gasteiger partial charge in [0.15, 0.2) is 12.1 Å². The molecule has 0 atom stereocenters. The van der Waals surface area contributed by atoms with E-state index in [4.69, 9.17) is 5.11 Å². The molecule has 0 amide bonds. The Kier molecular flexibility index (Phi) is 2.44. The zero-order chi connectivity index (χ0) is 11.7. The molecule has 0 spiro atoms. The van der Waals surface area contributed by atoms with Crippen molar-refractivity contribution in [3.8, 4) is 11.4 Å². The molecule has 0 fully saturated rings. The monoisotopic (exact) mass is 220 g/mol. The normalized spacial score (nSPS) is 10.4. The number of phenols is 1. The van der Waals surface area contributed by atoms with Crippen LogP contribution in [0.25, 0.3) is 5.69 Å². The number of carbonyl (C=O) groups excluding carboxylic acids is 1. The molecule has 0 aliphatic rings. The minimum Gasteiger partial charge on any atom is -0.508 e. The average molecular weight is 220 g/mol. The number of nitrogens with zero attached hydrogens (tertiary/aromatic N) is 2. The van der Waals surface area contributed by atoms with Gasteiger partial charge in [-0.15, -0.1) is 0 Å². The van der Waals surface area contributed by atoms with Crippen LogP contribution in [0, 0.1) is 12.7 Å². The van der Waals surface area contributed by atoms with Crippen molar-refractivity contribution >= 4 is 6.29 Å². The summed E-state index contributed by atoms with van der Waals surface area (Å²) >= 11 is 0. The number of benzene rings is 1. The summed E-state index contributed by atoms with van der Waals surface area (Å²) in [4.78, 5) is 10.6. The Morgan fingerprint density at radius 1 is 1.50 bits per heavy atom. The van der Waals surface area contributed by atoms with Crippen molar-refractivity contribution in [1.29, 1.82) is 0 Å². The Bertz CT molecular complexity index is 549. The molecule has 0 saturated carbocycles. The average Bonchev–Trinajstić information content (AvgIpc) is 2.59. The third-order valence-corrected chi connectivity index (χ3v) is 2.24. The first kappa shape index (κ1) is 10.4. The first-order chi connectivity index (χ1) is 7.61. The van der Waals surface area contributed by atoms with Gasteiger partial charge in [-0.2, -0.15) is 5.10 Å². The highest BCUT2D eigenvalue weighted by atomic mass is 19.1. The van der Waals surface area contributed by atoms with E-state index in [-0.39, 0.29) is 11.4 Å². The van der Waals surface area contributed by atoms with Crippen LogP contribution in [0.1, 0.15) is 16.1 Å². The molecule has 0 bridgehead atoms. The number of phenolic OH excluding ortho intramolecular Hbond substituents is 1. The second-order valence-corrected chi connectivity index (χ2v) is 3.37. The third-order valence-electron chi connectivity index (χ3n) is 2.24. The van der Waals surface area contributed by atoms with Crippen molar-refractivity contribution in [3.05, 3.63) is 41.5 Å². The van der Waals surface area contributed by atoms with Gasteiger partial charge >= 0.3 is 0 Å². The van der Waals surface area contributed by atoms with Gasteiger partial charge in [0, 0.05) is 12.3 Å². The first-order valence-corrected chi connectivity index (χ1v) is 4.62. The molecule has 1 heterocycles. The molecule has 2 aromatic rings. The van der Waals surface area contributed by atoms with Crippen LogP contribution in [0.3, 0.4) is 0 Å². The van der Waals surface area contributed by atoms with E-state index in [0.717, 1.165) is 6.07 Å². The summed E-state index contributed by atoms with van der Waals surface area (Å²) in [6.07, 6.45) is 2.11. The van der Waals surface area contributed by atoms with Crippen LogP contribution < -0.4 is 0 Å². The molecule has 82 valence electrons. The van der Waals surface area contributed by atoms with E-state index in [1.807, 2.05) is 0 Å². The lowest BCUT2D eigenvalue weighted by Crippen LogP contribution is -1.98. The molecule has 0 saturated heterocycles. The van der Waals surface area contributed by atoms with Crippen molar-refractivity contribution in [2.45, 2.75) is 6.92 Å². The fourth-order valence-electron chi connectivity index (χ4n) is 1.39. The fourth-order valence-corrected chi connectivity index (χ4v) is 1.39.